The fourth-order valence-electron chi connectivity index (χ4n) is 4.35. The lowest BCUT2D eigenvalue weighted by Crippen LogP contribution is -2.53. The molecule has 0 saturated heterocycles. The maximum Gasteiger partial charge on any atom is 0.249 e. The van der Waals surface area contributed by atoms with Crippen LogP contribution in [0.15, 0.2) is 54.7 Å². The lowest BCUT2D eigenvalue weighted by Gasteiger charge is -2.42. The predicted molar refractivity (Wildman–Crippen MR) is 136 cm³/mol. The first-order valence-corrected chi connectivity index (χ1v) is 11.4. The third-order valence-corrected chi connectivity index (χ3v) is 5.80. The summed E-state index contributed by atoms with van der Waals surface area (Å²) in [6.07, 6.45) is 1.76. The zero-order chi connectivity index (χ0) is 23.7. The highest BCUT2D eigenvalue weighted by atomic mass is 16.2. The fraction of sp³-hybridized carbons (Fsp3) is 0.346. The third-order valence-electron chi connectivity index (χ3n) is 5.80. The van der Waals surface area contributed by atoms with Gasteiger partial charge in [-0.2, -0.15) is 0 Å². The predicted octanol–water partition coefficient (Wildman–Crippen LogP) is 5.29. The van der Waals surface area contributed by atoms with Gasteiger partial charge in [-0.05, 0) is 71.0 Å². The van der Waals surface area contributed by atoms with Crippen LogP contribution in [0.2, 0.25) is 0 Å². The molecule has 1 aliphatic rings. The van der Waals surface area contributed by atoms with Gasteiger partial charge in [-0.1, -0.05) is 12.1 Å². The van der Waals surface area contributed by atoms with Crippen LogP contribution in [0.5, 0.6) is 0 Å². The Kier molecular flexibility index (Phi) is 6.22. The molecule has 0 saturated carbocycles. The molecule has 0 aliphatic carbocycles. The molecule has 0 fully saturated rings. The van der Waals surface area contributed by atoms with E-state index in [0.29, 0.717) is 12.0 Å². The molecule has 4 rings (SSSR count). The molecule has 0 bridgehead atoms. The highest BCUT2D eigenvalue weighted by Crippen LogP contribution is 2.39. The summed E-state index contributed by atoms with van der Waals surface area (Å²) < 4.78 is 0. The van der Waals surface area contributed by atoms with Gasteiger partial charge in [0.1, 0.15) is 6.04 Å². The molecule has 1 aromatic heterocycles. The van der Waals surface area contributed by atoms with Gasteiger partial charge in [0.15, 0.2) is 0 Å². The van der Waals surface area contributed by atoms with Gasteiger partial charge in [-0.25, -0.2) is 9.97 Å². The van der Waals surface area contributed by atoms with E-state index >= 15 is 0 Å². The third kappa shape index (κ3) is 4.62. The van der Waals surface area contributed by atoms with E-state index in [-0.39, 0.29) is 18.0 Å². The SMILES string of the molecule is CC(C)Nc1cccc(-c2ccnc(Nc3ccc4c(c3)N(C(C)C)C(C)C(=O)N4C)n2)c1. The summed E-state index contributed by atoms with van der Waals surface area (Å²) in [7, 11) is 1.83. The number of anilines is 5. The second kappa shape index (κ2) is 9.10. The molecular weight excluding hydrogens is 412 g/mol. The maximum atomic E-state index is 12.7. The van der Waals surface area contributed by atoms with E-state index in [2.05, 4.69) is 66.4 Å². The minimum Gasteiger partial charge on any atom is -0.383 e. The lowest BCUT2D eigenvalue weighted by atomic mass is 10.0. The molecule has 1 aliphatic heterocycles. The second-order valence-corrected chi connectivity index (χ2v) is 9.05. The summed E-state index contributed by atoms with van der Waals surface area (Å²) >= 11 is 0. The van der Waals surface area contributed by atoms with E-state index in [9.17, 15) is 4.79 Å². The van der Waals surface area contributed by atoms with Crippen molar-refractivity contribution in [1.29, 1.82) is 0 Å². The average molecular weight is 445 g/mol. The van der Waals surface area contributed by atoms with Crippen LogP contribution in [0.1, 0.15) is 34.6 Å². The highest BCUT2D eigenvalue weighted by molar-refractivity contribution is 6.05. The van der Waals surface area contributed by atoms with Crippen molar-refractivity contribution in [2.75, 3.05) is 27.5 Å². The molecule has 1 amide bonds. The average Bonchev–Trinajstić information content (AvgIpc) is 2.77. The lowest BCUT2D eigenvalue weighted by molar-refractivity contribution is -0.119. The van der Waals surface area contributed by atoms with E-state index in [1.807, 2.05) is 44.3 Å². The summed E-state index contributed by atoms with van der Waals surface area (Å²) in [6.45, 7) is 10.4. The maximum absolute atomic E-state index is 12.7. The Morgan fingerprint density at radius 1 is 0.970 bits per heavy atom. The van der Waals surface area contributed by atoms with Crippen molar-refractivity contribution in [3.63, 3.8) is 0 Å². The van der Waals surface area contributed by atoms with Crippen LogP contribution in [0.3, 0.4) is 0 Å². The van der Waals surface area contributed by atoms with Gasteiger partial charge < -0.3 is 20.4 Å². The fourth-order valence-corrected chi connectivity index (χ4v) is 4.35. The van der Waals surface area contributed by atoms with Crippen molar-refractivity contribution < 1.29 is 4.79 Å². The van der Waals surface area contributed by atoms with Crippen LogP contribution in [0.25, 0.3) is 11.3 Å². The van der Waals surface area contributed by atoms with Crippen LogP contribution in [0.4, 0.5) is 28.7 Å². The molecule has 7 heteroatoms. The Morgan fingerprint density at radius 3 is 2.48 bits per heavy atom. The van der Waals surface area contributed by atoms with Crippen molar-refractivity contribution >= 4 is 34.6 Å². The van der Waals surface area contributed by atoms with E-state index in [1.54, 1.807) is 11.1 Å². The van der Waals surface area contributed by atoms with Crippen LogP contribution in [-0.4, -0.2) is 41.0 Å². The number of hydrogen-bond acceptors (Lipinski definition) is 6. The van der Waals surface area contributed by atoms with E-state index in [0.717, 1.165) is 34.0 Å². The number of nitrogens with one attached hydrogen (secondary N) is 2. The zero-order valence-electron chi connectivity index (χ0n) is 20.1. The van der Waals surface area contributed by atoms with Gasteiger partial charge >= 0.3 is 0 Å². The van der Waals surface area contributed by atoms with Crippen LogP contribution in [-0.2, 0) is 4.79 Å². The molecule has 3 aromatic rings. The Morgan fingerprint density at radius 2 is 1.76 bits per heavy atom. The summed E-state index contributed by atoms with van der Waals surface area (Å²) in [5.41, 5.74) is 5.74. The van der Waals surface area contributed by atoms with Gasteiger partial charge in [-0.15, -0.1) is 0 Å². The molecule has 33 heavy (non-hydrogen) atoms. The Hall–Kier alpha value is -3.61. The summed E-state index contributed by atoms with van der Waals surface area (Å²) in [5, 5.41) is 6.77. The molecule has 7 nitrogen and oxygen atoms in total. The minimum absolute atomic E-state index is 0.0992. The van der Waals surface area contributed by atoms with Crippen molar-refractivity contribution in [3.8, 4) is 11.3 Å². The normalized spacial score (nSPS) is 15.8. The highest BCUT2D eigenvalue weighted by Gasteiger charge is 2.34. The first kappa shape index (κ1) is 22.6. The molecular formula is C26H32N6O. The Balaban J connectivity index is 1.63. The van der Waals surface area contributed by atoms with Crippen molar-refractivity contribution in [2.24, 2.45) is 0 Å². The number of benzene rings is 2. The number of carbonyl (C=O) groups is 1. The van der Waals surface area contributed by atoms with Crippen LogP contribution in [0, 0.1) is 0 Å². The van der Waals surface area contributed by atoms with Crippen LogP contribution >= 0.6 is 0 Å². The number of fused-ring (bicyclic) bond motifs is 1. The number of likely N-dealkylation sites (N-methyl/N-ethyl adjacent to an activating group) is 1. The number of nitrogens with zero attached hydrogens (tertiary/aromatic N) is 4. The Bertz CT molecular complexity index is 1160. The molecule has 1 unspecified atom stereocenters. The first-order chi connectivity index (χ1) is 15.7. The Labute approximate surface area is 195 Å². The molecule has 1 atom stereocenters. The summed E-state index contributed by atoms with van der Waals surface area (Å²) in [6, 6.07) is 16.5. The zero-order valence-corrected chi connectivity index (χ0v) is 20.1. The molecule has 2 N–H and O–H groups in total. The van der Waals surface area contributed by atoms with Crippen molar-refractivity contribution in [3.05, 3.63) is 54.7 Å². The van der Waals surface area contributed by atoms with Gasteiger partial charge in [0, 0.05) is 42.3 Å². The van der Waals surface area contributed by atoms with Crippen molar-refractivity contribution in [2.45, 2.75) is 52.7 Å². The molecule has 2 aromatic carbocycles. The molecule has 2 heterocycles. The molecule has 172 valence electrons. The smallest absolute Gasteiger partial charge is 0.249 e. The van der Waals surface area contributed by atoms with E-state index in [4.69, 9.17) is 4.98 Å². The number of hydrogen-bond donors (Lipinski definition) is 2. The van der Waals surface area contributed by atoms with E-state index < -0.39 is 0 Å². The summed E-state index contributed by atoms with van der Waals surface area (Å²) in [5.74, 6) is 0.626. The second-order valence-electron chi connectivity index (χ2n) is 9.05. The summed E-state index contributed by atoms with van der Waals surface area (Å²) in [4.78, 5) is 25.7. The standard InChI is InChI=1S/C26H32N6O/c1-16(2)28-20-9-7-8-19(14-20)22-12-13-27-26(30-22)29-21-10-11-23-24(15-21)32(17(3)4)18(5)25(33)31(23)6/h7-18,28H,1-6H3,(H,27,29,30). The van der Waals surface area contributed by atoms with Gasteiger partial charge in [-0.3, -0.25) is 4.79 Å². The molecule has 0 radical (unpaired) electrons. The molecule has 0 spiro atoms. The quantitative estimate of drug-likeness (QED) is 0.538. The van der Waals surface area contributed by atoms with Gasteiger partial charge in [0.05, 0.1) is 17.1 Å². The number of rotatable bonds is 6. The number of carbonyl (C=O) groups excluding carboxylic acids is 1. The van der Waals surface area contributed by atoms with Crippen LogP contribution < -0.4 is 20.4 Å². The number of amides is 1. The van der Waals surface area contributed by atoms with Crippen molar-refractivity contribution in [1.82, 2.24) is 9.97 Å². The monoisotopic (exact) mass is 444 g/mol. The largest absolute Gasteiger partial charge is 0.383 e. The first-order valence-electron chi connectivity index (χ1n) is 11.4. The number of aromatic nitrogens is 2. The minimum atomic E-state index is -0.218. The topological polar surface area (TPSA) is 73.4 Å². The van der Waals surface area contributed by atoms with E-state index in [1.165, 1.54) is 0 Å². The van der Waals surface area contributed by atoms with Gasteiger partial charge in [0.2, 0.25) is 11.9 Å². The van der Waals surface area contributed by atoms with Gasteiger partial charge in [0.25, 0.3) is 0 Å².